The number of para-hydroxylation sites is 1. The third-order valence-corrected chi connectivity index (χ3v) is 3.71. The largest absolute Gasteiger partial charge is 0.406 e. The fourth-order valence-electron chi connectivity index (χ4n) is 1.73. The Kier molecular flexibility index (Phi) is 3.06. The molecule has 1 aromatic heterocycles. The molecule has 0 spiro atoms. The summed E-state index contributed by atoms with van der Waals surface area (Å²) in [6, 6.07) is 5.88. The van der Waals surface area contributed by atoms with E-state index in [0.29, 0.717) is 0 Å². The molecule has 3 nitrogen and oxygen atoms in total. The van der Waals surface area contributed by atoms with Crippen LogP contribution in [0.3, 0.4) is 0 Å². The van der Waals surface area contributed by atoms with Crippen molar-refractivity contribution in [1.82, 2.24) is 4.57 Å². The van der Waals surface area contributed by atoms with Crippen molar-refractivity contribution < 1.29 is 21.6 Å². The normalized spacial score (nSPS) is 13.1. The van der Waals surface area contributed by atoms with Gasteiger partial charge in [0, 0.05) is 27.8 Å². The van der Waals surface area contributed by atoms with Gasteiger partial charge < -0.3 is 4.57 Å². The first kappa shape index (κ1) is 13.2. The average Bonchev–Trinajstić information content (AvgIpc) is 2.55. The van der Waals surface area contributed by atoms with Crippen LogP contribution in [0.25, 0.3) is 10.9 Å². The maximum absolute atomic E-state index is 12.4. The van der Waals surface area contributed by atoms with Gasteiger partial charge in [0.05, 0.1) is 0 Å². The number of hydrogen-bond donors (Lipinski definition) is 0. The van der Waals surface area contributed by atoms with Crippen LogP contribution in [0.1, 0.15) is 0 Å². The highest BCUT2D eigenvalue weighted by Gasteiger charge is 2.30. The number of benzene rings is 1. The zero-order chi connectivity index (χ0) is 13.6. The van der Waals surface area contributed by atoms with Gasteiger partial charge in [-0.25, -0.2) is 8.42 Å². The lowest BCUT2D eigenvalue weighted by atomic mass is 10.2. The van der Waals surface area contributed by atoms with E-state index in [1.165, 1.54) is 24.3 Å². The van der Waals surface area contributed by atoms with Crippen molar-refractivity contribution in [2.24, 2.45) is 0 Å². The highest BCUT2D eigenvalue weighted by molar-refractivity contribution is 8.14. The summed E-state index contributed by atoms with van der Waals surface area (Å²) in [5.41, 5.74) is 0.175. The Hall–Kier alpha value is -1.21. The lowest BCUT2D eigenvalue weighted by Crippen LogP contribution is -2.16. The third kappa shape index (κ3) is 2.62. The number of aromatic nitrogens is 1. The standard InChI is InChI=1S/C10H7ClF3NO2S/c11-18(16,17)9-5-15(6-10(12,13)14)8-4-2-1-3-7(8)9/h1-5H,6H2. The number of alkyl halides is 3. The van der Waals surface area contributed by atoms with Gasteiger partial charge in [0.2, 0.25) is 0 Å². The number of nitrogens with zero attached hydrogens (tertiary/aromatic N) is 1. The molecule has 0 atom stereocenters. The first-order chi connectivity index (χ1) is 8.18. The highest BCUT2D eigenvalue weighted by Crippen LogP contribution is 2.30. The lowest BCUT2D eigenvalue weighted by molar-refractivity contribution is -0.139. The summed E-state index contributed by atoms with van der Waals surface area (Å²) in [6.07, 6.45) is -3.53. The molecule has 0 bridgehead atoms. The predicted octanol–water partition coefficient (Wildman–Crippen LogP) is 3.13. The molecule has 0 amide bonds. The van der Waals surface area contributed by atoms with Crippen LogP contribution >= 0.6 is 10.7 Å². The van der Waals surface area contributed by atoms with Crippen LogP contribution < -0.4 is 0 Å². The van der Waals surface area contributed by atoms with Gasteiger partial charge in [-0.2, -0.15) is 13.2 Å². The van der Waals surface area contributed by atoms with E-state index in [9.17, 15) is 21.6 Å². The first-order valence-electron chi connectivity index (χ1n) is 4.78. The van der Waals surface area contributed by atoms with E-state index in [-0.39, 0.29) is 15.8 Å². The van der Waals surface area contributed by atoms with E-state index in [4.69, 9.17) is 10.7 Å². The van der Waals surface area contributed by atoms with Gasteiger partial charge in [0.25, 0.3) is 9.05 Å². The molecule has 2 aromatic rings. The van der Waals surface area contributed by atoms with Crippen LogP contribution in [0.2, 0.25) is 0 Å². The van der Waals surface area contributed by atoms with Crippen LogP contribution in [0, 0.1) is 0 Å². The fourth-order valence-corrected chi connectivity index (χ4v) is 2.79. The van der Waals surface area contributed by atoms with Crippen LogP contribution in [0.5, 0.6) is 0 Å². The molecule has 98 valence electrons. The van der Waals surface area contributed by atoms with Gasteiger partial charge >= 0.3 is 6.18 Å². The highest BCUT2D eigenvalue weighted by atomic mass is 35.7. The van der Waals surface area contributed by atoms with Crippen molar-refractivity contribution in [2.75, 3.05) is 0 Å². The topological polar surface area (TPSA) is 39.1 Å². The molecule has 0 saturated heterocycles. The first-order valence-corrected chi connectivity index (χ1v) is 7.09. The monoisotopic (exact) mass is 297 g/mol. The summed E-state index contributed by atoms with van der Waals surface area (Å²) in [6.45, 7) is -1.26. The Labute approximate surface area is 105 Å². The summed E-state index contributed by atoms with van der Waals surface area (Å²) in [7, 11) is 1.12. The molecular weight excluding hydrogens is 291 g/mol. The van der Waals surface area contributed by atoms with E-state index in [1.54, 1.807) is 0 Å². The summed E-state index contributed by atoms with van der Waals surface area (Å²) in [5.74, 6) is 0. The average molecular weight is 298 g/mol. The van der Waals surface area contributed by atoms with Gasteiger partial charge in [-0.15, -0.1) is 0 Å². The molecule has 0 saturated carbocycles. The molecule has 8 heteroatoms. The molecule has 0 radical (unpaired) electrons. The molecule has 1 heterocycles. The van der Waals surface area contributed by atoms with Crippen LogP contribution in [-0.4, -0.2) is 19.2 Å². The minimum absolute atomic E-state index is 0.175. The van der Waals surface area contributed by atoms with Gasteiger partial charge in [0.15, 0.2) is 0 Å². The van der Waals surface area contributed by atoms with Crippen LogP contribution in [0.15, 0.2) is 35.4 Å². The second-order valence-corrected chi connectivity index (χ2v) is 6.23. The molecule has 0 aliphatic heterocycles. The van der Waals surface area contributed by atoms with Crippen molar-refractivity contribution in [2.45, 2.75) is 17.6 Å². The predicted molar refractivity (Wildman–Crippen MR) is 61.0 cm³/mol. The number of halogens is 4. The Balaban J connectivity index is 2.70. The number of fused-ring (bicyclic) bond motifs is 1. The molecule has 0 aliphatic carbocycles. The maximum atomic E-state index is 12.4. The molecular formula is C10H7ClF3NO2S. The minimum atomic E-state index is -4.44. The number of hydrogen-bond acceptors (Lipinski definition) is 2. The second kappa shape index (κ2) is 4.17. The van der Waals surface area contributed by atoms with E-state index in [0.717, 1.165) is 10.8 Å². The van der Waals surface area contributed by atoms with Crippen molar-refractivity contribution in [3.05, 3.63) is 30.5 Å². The smallest absolute Gasteiger partial charge is 0.337 e. The Bertz CT molecular complexity index is 691. The molecule has 0 unspecified atom stereocenters. The van der Waals surface area contributed by atoms with E-state index >= 15 is 0 Å². The van der Waals surface area contributed by atoms with Crippen molar-refractivity contribution in [3.8, 4) is 0 Å². The Morgan fingerprint density at radius 1 is 1.22 bits per heavy atom. The molecule has 18 heavy (non-hydrogen) atoms. The van der Waals surface area contributed by atoms with Gasteiger partial charge in [-0.1, -0.05) is 18.2 Å². The second-order valence-electron chi connectivity index (χ2n) is 3.69. The molecule has 0 N–H and O–H groups in total. The van der Waals surface area contributed by atoms with E-state index in [2.05, 4.69) is 0 Å². The van der Waals surface area contributed by atoms with E-state index in [1.807, 2.05) is 0 Å². The van der Waals surface area contributed by atoms with Gasteiger partial charge in [0.1, 0.15) is 11.4 Å². The van der Waals surface area contributed by atoms with Crippen LogP contribution in [0.4, 0.5) is 13.2 Å². The SMILES string of the molecule is O=S(=O)(Cl)c1cn(CC(F)(F)F)c2ccccc12. The molecule has 2 rings (SSSR count). The summed E-state index contributed by atoms with van der Waals surface area (Å²) in [5, 5.41) is 0.178. The lowest BCUT2D eigenvalue weighted by Gasteiger charge is -2.08. The zero-order valence-electron chi connectivity index (χ0n) is 8.78. The van der Waals surface area contributed by atoms with E-state index < -0.39 is 21.8 Å². The van der Waals surface area contributed by atoms with Crippen molar-refractivity contribution in [3.63, 3.8) is 0 Å². The third-order valence-electron chi connectivity index (χ3n) is 2.36. The van der Waals surface area contributed by atoms with Crippen molar-refractivity contribution >= 4 is 30.6 Å². The summed E-state index contributed by atoms with van der Waals surface area (Å²) in [4.78, 5) is -0.316. The quantitative estimate of drug-likeness (QED) is 0.799. The maximum Gasteiger partial charge on any atom is 0.406 e. The minimum Gasteiger partial charge on any atom is -0.337 e. The fraction of sp³-hybridized carbons (Fsp3) is 0.200. The molecule has 1 aromatic carbocycles. The number of rotatable bonds is 2. The molecule has 0 fully saturated rings. The molecule has 0 aliphatic rings. The summed E-state index contributed by atoms with van der Waals surface area (Å²) >= 11 is 0. The Morgan fingerprint density at radius 3 is 2.39 bits per heavy atom. The Morgan fingerprint density at radius 2 is 1.83 bits per heavy atom. The summed E-state index contributed by atoms with van der Waals surface area (Å²) < 4.78 is 60.5. The van der Waals surface area contributed by atoms with Gasteiger partial charge in [-0.05, 0) is 6.07 Å². The van der Waals surface area contributed by atoms with Gasteiger partial charge in [-0.3, -0.25) is 0 Å². The zero-order valence-corrected chi connectivity index (χ0v) is 10.4. The van der Waals surface area contributed by atoms with Crippen LogP contribution in [-0.2, 0) is 15.6 Å². The van der Waals surface area contributed by atoms with Crippen molar-refractivity contribution in [1.29, 1.82) is 0 Å².